The molecule has 12 nitrogen and oxygen atoms in total. The summed E-state index contributed by atoms with van der Waals surface area (Å²) in [4.78, 5) is 56.5. The van der Waals surface area contributed by atoms with Crippen LogP contribution in [0.1, 0.15) is 85.9 Å². The highest BCUT2D eigenvalue weighted by Crippen LogP contribution is 2.24. The summed E-state index contributed by atoms with van der Waals surface area (Å²) >= 11 is 0. The molecule has 0 saturated heterocycles. The van der Waals surface area contributed by atoms with Gasteiger partial charge in [-0.05, 0) is 38.0 Å². The number of ketones is 1. The zero-order valence-electron chi connectivity index (χ0n) is 24.1. The molecule has 1 N–H and O–H groups in total. The van der Waals surface area contributed by atoms with E-state index >= 15 is 0 Å². The van der Waals surface area contributed by atoms with Gasteiger partial charge in [0.15, 0.2) is 11.5 Å². The molecular weight excluding hydrogens is 537 g/mol. The molecule has 41 heavy (non-hydrogen) atoms. The van der Waals surface area contributed by atoms with Crippen LogP contribution in [0, 0.1) is 18.7 Å². The zero-order valence-corrected chi connectivity index (χ0v) is 24.1. The van der Waals surface area contributed by atoms with E-state index in [1.165, 1.54) is 26.1 Å². The van der Waals surface area contributed by atoms with Gasteiger partial charge >= 0.3 is 17.8 Å². The number of halogens is 1. The third kappa shape index (κ3) is 7.62. The van der Waals surface area contributed by atoms with Gasteiger partial charge in [-0.25, -0.2) is 9.37 Å². The second kappa shape index (κ2) is 12.8. The first-order valence-electron chi connectivity index (χ1n) is 13.1. The van der Waals surface area contributed by atoms with Crippen molar-refractivity contribution in [2.45, 2.75) is 72.6 Å². The summed E-state index contributed by atoms with van der Waals surface area (Å²) in [5, 5.41) is 10.0. The highest BCUT2D eigenvalue weighted by molar-refractivity contribution is 5.97. The van der Waals surface area contributed by atoms with Crippen molar-refractivity contribution >= 4 is 17.7 Å². The summed E-state index contributed by atoms with van der Waals surface area (Å²) in [6.45, 7) is 9.78. The number of rotatable bonds is 12. The molecule has 1 amide bonds. The molecule has 2 aromatic heterocycles. The first-order chi connectivity index (χ1) is 19.2. The fraction of sp³-hybridized carbons (Fsp3) is 0.464. The third-order valence-corrected chi connectivity index (χ3v) is 6.09. The average molecular weight is 572 g/mol. The molecule has 220 valence electrons. The van der Waals surface area contributed by atoms with Gasteiger partial charge in [-0.15, -0.1) is 10.2 Å². The number of benzene rings is 1. The monoisotopic (exact) mass is 571 g/mol. The van der Waals surface area contributed by atoms with E-state index in [9.17, 15) is 23.6 Å². The Labute approximate surface area is 236 Å². The molecule has 1 atom stereocenters. The first kappa shape index (κ1) is 31.1. The van der Waals surface area contributed by atoms with E-state index in [1.54, 1.807) is 46.8 Å². The highest BCUT2D eigenvalue weighted by Gasteiger charge is 2.34. The molecule has 0 bridgehead atoms. The topological polar surface area (TPSA) is 156 Å². The molecule has 1 aromatic carbocycles. The van der Waals surface area contributed by atoms with E-state index in [0.717, 1.165) is 4.57 Å². The number of carbonyl (C=O) groups is 3. The Bertz CT molecular complexity index is 1480. The van der Waals surface area contributed by atoms with Crippen molar-refractivity contribution in [2.24, 2.45) is 13.0 Å². The second-order valence-electron chi connectivity index (χ2n) is 10.3. The van der Waals surface area contributed by atoms with Crippen LogP contribution in [0.4, 0.5) is 4.39 Å². The maximum absolute atomic E-state index is 13.7. The van der Waals surface area contributed by atoms with Crippen molar-refractivity contribution in [3.8, 4) is 5.75 Å². The van der Waals surface area contributed by atoms with E-state index < -0.39 is 46.6 Å². The summed E-state index contributed by atoms with van der Waals surface area (Å²) < 4.78 is 30.9. The number of hydrogen-bond donors (Lipinski definition) is 1. The van der Waals surface area contributed by atoms with Crippen LogP contribution in [0.3, 0.4) is 0 Å². The maximum atomic E-state index is 13.7. The number of Topliss-reactive ketones (excluding diaryl/α,β-unsaturated/α-hetero) is 1. The molecule has 2 heterocycles. The lowest BCUT2D eigenvalue weighted by molar-refractivity contribution is -0.169. The van der Waals surface area contributed by atoms with E-state index in [2.05, 4.69) is 20.5 Å². The number of nitrogens with zero attached hydrogens (tertiary/aromatic N) is 4. The van der Waals surface area contributed by atoms with E-state index in [0.29, 0.717) is 5.56 Å². The van der Waals surface area contributed by atoms with Crippen LogP contribution in [0.25, 0.3) is 0 Å². The summed E-state index contributed by atoms with van der Waals surface area (Å²) in [6, 6.07) is 5.68. The van der Waals surface area contributed by atoms with Crippen LogP contribution in [-0.2, 0) is 28.5 Å². The number of carbonyl (C=O) groups excluding carboxylic acids is 3. The van der Waals surface area contributed by atoms with Crippen molar-refractivity contribution < 1.29 is 32.7 Å². The van der Waals surface area contributed by atoms with Crippen LogP contribution in [-0.4, -0.2) is 43.7 Å². The van der Waals surface area contributed by atoms with Crippen LogP contribution in [0.5, 0.6) is 5.75 Å². The molecule has 13 heteroatoms. The molecule has 0 aliphatic rings. The van der Waals surface area contributed by atoms with Crippen LogP contribution in [0.15, 0.2) is 33.5 Å². The largest absolute Gasteiger partial charge is 0.446 e. The standard InChI is InChI=1S/C28H34FN5O7/c1-8-20(36)40-26(15(2)3)41-22-21(19(35)14-11-17-9-12-18(29)13-10-17)30-27(34(7)25(22)38)28(5,6)31-23(37)24-33-32-16(4)39-24/h9-10,12-13,15,26H,8,11,14H2,1-7H3,(H,31,37). The summed E-state index contributed by atoms with van der Waals surface area (Å²) in [6.07, 6.45) is -0.935. The molecule has 0 spiro atoms. The number of esters is 1. The molecule has 0 radical (unpaired) electrons. The number of aromatic nitrogens is 4. The zero-order chi connectivity index (χ0) is 30.5. The number of aryl methyl sites for hydroxylation is 2. The Balaban J connectivity index is 2.05. The fourth-order valence-corrected chi connectivity index (χ4v) is 3.87. The predicted octanol–water partition coefficient (Wildman–Crippen LogP) is 3.41. The number of hydrogen-bond acceptors (Lipinski definition) is 10. The quantitative estimate of drug-likeness (QED) is 0.194. The third-order valence-electron chi connectivity index (χ3n) is 6.09. The van der Waals surface area contributed by atoms with E-state index in [-0.39, 0.29) is 48.5 Å². The van der Waals surface area contributed by atoms with Crippen LogP contribution in [0.2, 0.25) is 0 Å². The SMILES string of the molecule is CCC(=O)OC(Oc1c(C(=O)CCc2ccc(F)cc2)nc(C(C)(C)NC(=O)c2nnc(C)o2)n(C)c1=O)C(C)C. The molecular formula is C28H34FN5O7. The highest BCUT2D eigenvalue weighted by atomic mass is 19.1. The Morgan fingerprint density at radius 2 is 1.80 bits per heavy atom. The smallest absolute Gasteiger partial charge is 0.309 e. The summed E-state index contributed by atoms with van der Waals surface area (Å²) in [5.74, 6) is -3.02. The van der Waals surface area contributed by atoms with Gasteiger partial charge in [0.1, 0.15) is 11.6 Å². The molecule has 1 unspecified atom stereocenters. The van der Waals surface area contributed by atoms with Gasteiger partial charge in [0, 0.05) is 32.7 Å². The van der Waals surface area contributed by atoms with Gasteiger partial charge in [-0.2, -0.15) is 0 Å². The lowest BCUT2D eigenvalue weighted by Gasteiger charge is -2.28. The lowest BCUT2D eigenvalue weighted by Crippen LogP contribution is -2.46. The minimum Gasteiger partial charge on any atom is -0.446 e. The van der Waals surface area contributed by atoms with Gasteiger partial charge in [0.05, 0.1) is 5.54 Å². The normalized spacial score (nSPS) is 12.2. The Hall–Kier alpha value is -4.42. The minimum absolute atomic E-state index is 0.0382. The summed E-state index contributed by atoms with van der Waals surface area (Å²) in [5.41, 5.74) is -1.62. The Morgan fingerprint density at radius 3 is 2.37 bits per heavy atom. The number of amides is 1. The molecule has 0 aliphatic heterocycles. The van der Waals surface area contributed by atoms with Gasteiger partial charge in [-0.1, -0.05) is 32.9 Å². The predicted molar refractivity (Wildman–Crippen MR) is 144 cm³/mol. The fourth-order valence-electron chi connectivity index (χ4n) is 3.87. The van der Waals surface area contributed by atoms with Crippen molar-refractivity contribution in [2.75, 3.05) is 0 Å². The van der Waals surface area contributed by atoms with Crippen LogP contribution >= 0.6 is 0 Å². The summed E-state index contributed by atoms with van der Waals surface area (Å²) in [7, 11) is 1.41. The Kier molecular flexibility index (Phi) is 9.74. The van der Waals surface area contributed by atoms with Crippen LogP contribution < -0.4 is 15.6 Å². The van der Waals surface area contributed by atoms with Gasteiger partial charge in [0.2, 0.25) is 17.9 Å². The van der Waals surface area contributed by atoms with Gasteiger partial charge in [-0.3, -0.25) is 23.7 Å². The first-order valence-corrected chi connectivity index (χ1v) is 13.1. The molecule has 0 aliphatic carbocycles. The maximum Gasteiger partial charge on any atom is 0.309 e. The van der Waals surface area contributed by atoms with E-state index in [1.807, 2.05) is 0 Å². The molecule has 0 fully saturated rings. The number of nitrogens with one attached hydrogen (secondary N) is 1. The van der Waals surface area contributed by atoms with Gasteiger partial charge in [0.25, 0.3) is 5.56 Å². The molecule has 3 aromatic rings. The molecule has 0 saturated carbocycles. The number of ether oxygens (including phenoxy) is 2. The van der Waals surface area contributed by atoms with Crippen molar-refractivity contribution in [1.82, 2.24) is 25.1 Å². The van der Waals surface area contributed by atoms with Gasteiger partial charge < -0.3 is 19.2 Å². The van der Waals surface area contributed by atoms with E-state index in [4.69, 9.17) is 13.9 Å². The second-order valence-corrected chi connectivity index (χ2v) is 10.3. The van der Waals surface area contributed by atoms with Crippen molar-refractivity contribution in [3.05, 3.63) is 69.3 Å². The van der Waals surface area contributed by atoms with Crippen molar-refractivity contribution in [3.63, 3.8) is 0 Å². The minimum atomic E-state index is -1.30. The average Bonchev–Trinajstić information content (AvgIpc) is 3.36. The lowest BCUT2D eigenvalue weighted by atomic mass is 10.0. The Morgan fingerprint density at radius 1 is 1.15 bits per heavy atom. The molecule has 3 rings (SSSR count). The van der Waals surface area contributed by atoms with Crippen molar-refractivity contribution in [1.29, 1.82) is 0 Å².